The van der Waals surface area contributed by atoms with Gasteiger partial charge < -0.3 is 0 Å². The first-order valence-electron chi connectivity index (χ1n) is 12.2. The van der Waals surface area contributed by atoms with Gasteiger partial charge in [0.1, 0.15) is 11.3 Å². The van der Waals surface area contributed by atoms with Crippen molar-refractivity contribution in [3.8, 4) is 22.3 Å². The summed E-state index contributed by atoms with van der Waals surface area (Å²) in [7, 11) is 0. The smallest absolute Gasteiger partial charge is 0.147 e. The summed E-state index contributed by atoms with van der Waals surface area (Å²) in [6, 6.07) is 30.9. The number of imidazole rings is 1. The van der Waals surface area contributed by atoms with E-state index < -0.39 is 0 Å². The molecule has 2 aliphatic carbocycles. The Kier molecular flexibility index (Phi) is 3.14. The highest BCUT2D eigenvalue weighted by atomic mass is 15.1. The first-order chi connectivity index (χ1) is 17.4. The van der Waals surface area contributed by atoms with Gasteiger partial charge in [0, 0.05) is 22.4 Å². The van der Waals surface area contributed by atoms with Crippen molar-refractivity contribution < 1.29 is 0 Å². The van der Waals surface area contributed by atoms with E-state index in [2.05, 4.69) is 89.3 Å². The van der Waals surface area contributed by atoms with Gasteiger partial charge in [0.2, 0.25) is 0 Å². The lowest BCUT2D eigenvalue weighted by Crippen LogP contribution is -1.95. The van der Waals surface area contributed by atoms with Gasteiger partial charge in [-0.15, -0.1) is 0 Å². The molecule has 0 aliphatic heterocycles. The zero-order chi connectivity index (χ0) is 22.7. The zero-order valence-electron chi connectivity index (χ0n) is 18.9. The van der Waals surface area contributed by atoms with Gasteiger partial charge in [0.05, 0.1) is 11.0 Å². The number of rotatable bonds is 0. The van der Waals surface area contributed by atoms with Crippen molar-refractivity contribution in [1.29, 1.82) is 0 Å². The van der Waals surface area contributed by atoms with Crippen molar-refractivity contribution in [3.63, 3.8) is 0 Å². The minimum Gasteiger partial charge on any atom is -0.276 e. The topological polar surface area (TPSA) is 30.2 Å². The molecular weight excluding hydrogens is 426 g/mol. The molecule has 0 bridgehead atoms. The van der Waals surface area contributed by atoms with Crippen LogP contribution in [0.25, 0.3) is 60.7 Å². The van der Waals surface area contributed by atoms with E-state index in [1.54, 1.807) is 0 Å². The van der Waals surface area contributed by atoms with E-state index in [0.29, 0.717) is 0 Å². The zero-order valence-corrected chi connectivity index (χ0v) is 18.9. The van der Waals surface area contributed by atoms with E-state index in [0.717, 1.165) is 35.2 Å². The minimum atomic E-state index is 0.969. The normalized spacial score (nSPS) is 13.5. The average Bonchev–Trinajstić information content (AvgIpc) is 3.59. The predicted molar refractivity (Wildman–Crippen MR) is 142 cm³/mol. The van der Waals surface area contributed by atoms with Crippen LogP contribution in [0.3, 0.4) is 0 Å². The van der Waals surface area contributed by atoms with Crippen LogP contribution in [0.15, 0.2) is 91.1 Å². The molecule has 0 N–H and O–H groups in total. The number of benzene rings is 4. The highest BCUT2D eigenvalue weighted by Crippen LogP contribution is 2.50. The summed E-state index contributed by atoms with van der Waals surface area (Å²) in [5.74, 6) is 0. The number of fused-ring (bicyclic) bond motifs is 16. The van der Waals surface area contributed by atoms with E-state index in [1.807, 2.05) is 6.20 Å². The Labute approximate surface area is 201 Å². The molecule has 9 rings (SSSR count). The Hall–Kier alpha value is -4.50. The largest absolute Gasteiger partial charge is 0.276 e. The molecule has 0 saturated heterocycles. The molecule has 3 nitrogen and oxygen atoms in total. The number of pyridine rings is 2. The second-order valence-corrected chi connectivity index (χ2v) is 9.79. The highest BCUT2D eigenvalue weighted by molar-refractivity contribution is 6.20. The molecule has 3 aromatic heterocycles. The van der Waals surface area contributed by atoms with Crippen LogP contribution in [-0.2, 0) is 12.8 Å². The maximum absolute atomic E-state index is 5.09. The van der Waals surface area contributed by atoms with Gasteiger partial charge >= 0.3 is 0 Å². The van der Waals surface area contributed by atoms with Crippen molar-refractivity contribution in [2.24, 2.45) is 0 Å². The van der Waals surface area contributed by atoms with Crippen LogP contribution in [0.5, 0.6) is 0 Å². The molecule has 0 saturated carbocycles. The van der Waals surface area contributed by atoms with Gasteiger partial charge in [-0.2, -0.15) is 0 Å². The summed E-state index contributed by atoms with van der Waals surface area (Å²) in [5, 5.41) is 3.65. The SMILES string of the molecule is c1ccc2c(c1)Cc1ccc3c(c1-2)Cc1ccc2c(c1-3)c1cccnc1n1c3ccccc3nc21. The van der Waals surface area contributed by atoms with Crippen LogP contribution in [0, 0.1) is 0 Å². The lowest BCUT2D eigenvalue weighted by molar-refractivity contribution is 1.23. The van der Waals surface area contributed by atoms with Crippen molar-refractivity contribution in [3.05, 3.63) is 113 Å². The first-order valence-corrected chi connectivity index (χ1v) is 12.2. The Balaban J connectivity index is 1.47. The Morgan fingerprint density at radius 3 is 2.43 bits per heavy atom. The third-order valence-corrected chi connectivity index (χ3v) is 8.06. The molecule has 3 heterocycles. The fourth-order valence-electron chi connectivity index (χ4n) is 6.67. The fourth-order valence-corrected chi connectivity index (χ4v) is 6.67. The number of para-hydroxylation sites is 2. The lowest BCUT2D eigenvalue weighted by atomic mass is 9.93. The van der Waals surface area contributed by atoms with Crippen molar-refractivity contribution in [2.45, 2.75) is 12.8 Å². The molecule has 7 aromatic rings. The molecule has 0 spiro atoms. The molecule has 162 valence electrons. The van der Waals surface area contributed by atoms with Gasteiger partial charge in [-0.1, -0.05) is 60.7 Å². The van der Waals surface area contributed by atoms with E-state index in [1.165, 1.54) is 60.7 Å². The molecule has 0 fully saturated rings. The van der Waals surface area contributed by atoms with Gasteiger partial charge in [0.25, 0.3) is 0 Å². The second kappa shape index (κ2) is 6.13. The van der Waals surface area contributed by atoms with Crippen LogP contribution < -0.4 is 0 Å². The van der Waals surface area contributed by atoms with Crippen LogP contribution in [-0.4, -0.2) is 14.4 Å². The van der Waals surface area contributed by atoms with Gasteiger partial charge in [-0.05, 0) is 81.6 Å². The lowest BCUT2D eigenvalue weighted by Gasteiger charge is -2.13. The summed E-state index contributed by atoms with van der Waals surface area (Å²) >= 11 is 0. The number of hydrogen-bond donors (Lipinski definition) is 0. The third kappa shape index (κ3) is 2.12. The van der Waals surface area contributed by atoms with Crippen molar-refractivity contribution in [1.82, 2.24) is 14.4 Å². The van der Waals surface area contributed by atoms with E-state index in [9.17, 15) is 0 Å². The van der Waals surface area contributed by atoms with Crippen LogP contribution in [0.1, 0.15) is 22.3 Å². The molecule has 4 aromatic carbocycles. The van der Waals surface area contributed by atoms with Crippen molar-refractivity contribution in [2.75, 3.05) is 0 Å². The molecule has 3 heteroatoms. The van der Waals surface area contributed by atoms with Gasteiger partial charge in [-0.3, -0.25) is 4.40 Å². The maximum atomic E-state index is 5.09. The third-order valence-electron chi connectivity index (χ3n) is 8.06. The average molecular weight is 446 g/mol. The Morgan fingerprint density at radius 2 is 1.43 bits per heavy atom. The number of aromatic nitrogens is 3. The fraction of sp³-hybridized carbons (Fsp3) is 0.0625. The highest BCUT2D eigenvalue weighted by Gasteiger charge is 2.30. The quantitative estimate of drug-likeness (QED) is 0.229. The van der Waals surface area contributed by atoms with E-state index >= 15 is 0 Å². The van der Waals surface area contributed by atoms with Crippen LogP contribution in [0.4, 0.5) is 0 Å². The molecule has 0 amide bonds. The van der Waals surface area contributed by atoms with Gasteiger partial charge in [0.15, 0.2) is 0 Å². The minimum absolute atomic E-state index is 0.969. The summed E-state index contributed by atoms with van der Waals surface area (Å²) in [4.78, 5) is 9.96. The molecule has 2 aliphatic rings. The Morgan fingerprint density at radius 1 is 0.600 bits per heavy atom. The summed E-state index contributed by atoms with van der Waals surface area (Å²) in [6.07, 6.45) is 3.90. The maximum Gasteiger partial charge on any atom is 0.147 e. The molecule has 0 unspecified atom stereocenters. The molecule has 0 atom stereocenters. The standard InChI is InChI=1S/C32H19N3/c1-2-7-21-18(6-1)16-19-11-13-22-25(28(19)21)17-20-12-14-24-30(29(20)22)23-8-5-15-33-31(23)35-27-10-4-3-9-26(27)34-32(24)35/h1-15H,16-17H2. The molecular formula is C32H19N3. The number of hydrogen-bond acceptors (Lipinski definition) is 2. The van der Waals surface area contributed by atoms with E-state index in [4.69, 9.17) is 9.97 Å². The second-order valence-electron chi connectivity index (χ2n) is 9.79. The number of nitrogens with zero attached hydrogens (tertiary/aromatic N) is 3. The molecule has 35 heavy (non-hydrogen) atoms. The summed E-state index contributed by atoms with van der Waals surface area (Å²) in [5.41, 5.74) is 15.4. The summed E-state index contributed by atoms with van der Waals surface area (Å²) < 4.78 is 2.23. The summed E-state index contributed by atoms with van der Waals surface area (Å²) in [6.45, 7) is 0. The predicted octanol–water partition coefficient (Wildman–Crippen LogP) is 7.33. The van der Waals surface area contributed by atoms with E-state index in [-0.39, 0.29) is 0 Å². The van der Waals surface area contributed by atoms with Gasteiger partial charge in [-0.25, -0.2) is 9.97 Å². The first kappa shape index (κ1) is 17.9. The monoisotopic (exact) mass is 445 g/mol. The van der Waals surface area contributed by atoms with Crippen LogP contribution >= 0.6 is 0 Å². The van der Waals surface area contributed by atoms with Crippen molar-refractivity contribution >= 4 is 38.5 Å². The van der Waals surface area contributed by atoms with Crippen LogP contribution in [0.2, 0.25) is 0 Å². The molecule has 0 radical (unpaired) electrons. The Bertz CT molecular complexity index is 2060.